The number of nitrogens with one attached hydrogen (secondary N) is 2. The van der Waals surface area contributed by atoms with Crippen molar-refractivity contribution in [2.24, 2.45) is 4.99 Å². The fourth-order valence-electron chi connectivity index (χ4n) is 3.09. The molecule has 1 aromatic heterocycles. The first-order valence-electron chi connectivity index (χ1n) is 9.53. The highest BCUT2D eigenvalue weighted by molar-refractivity contribution is 14.0. The van der Waals surface area contributed by atoms with Crippen molar-refractivity contribution in [3.8, 4) is 0 Å². The Morgan fingerprint density at radius 1 is 1.14 bits per heavy atom. The molecule has 0 atom stereocenters. The lowest BCUT2D eigenvalue weighted by atomic mass is 10.2. The number of anilines is 1. The quantitative estimate of drug-likeness (QED) is 0.251. The third-order valence-electron chi connectivity index (χ3n) is 4.51. The minimum Gasteiger partial charge on any atom is -0.360 e. The van der Waals surface area contributed by atoms with Crippen LogP contribution in [0, 0.1) is 0 Å². The summed E-state index contributed by atoms with van der Waals surface area (Å²) in [5, 5.41) is 10.1. The summed E-state index contributed by atoms with van der Waals surface area (Å²) in [6, 6.07) is 11.3. The Hall–Kier alpha value is -1.52. The van der Waals surface area contributed by atoms with Crippen molar-refractivity contribution in [3.63, 3.8) is 0 Å². The average molecular weight is 548 g/mol. The zero-order valence-corrected chi connectivity index (χ0v) is 20.3. The SMILES string of the molecule is CCNC(=NCCNC(=O)c1ccccc1Cl)N1CCN(c2cccs2)CC1.I. The molecule has 0 unspecified atom stereocenters. The molecule has 1 amide bonds. The van der Waals surface area contributed by atoms with Crippen molar-refractivity contribution in [2.45, 2.75) is 6.92 Å². The lowest BCUT2D eigenvalue weighted by Crippen LogP contribution is -2.52. The third kappa shape index (κ3) is 6.75. The number of aliphatic imine (C=N–C) groups is 1. The van der Waals surface area contributed by atoms with Crippen LogP contribution >= 0.6 is 46.9 Å². The van der Waals surface area contributed by atoms with Crippen LogP contribution in [0.3, 0.4) is 0 Å². The molecule has 2 N–H and O–H groups in total. The lowest BCUT2D eigenvalue weighted by Gasteiger charge is -2.37. The van der Waals surface area contributed by atoms with Crippen LogP contribution in [-0.2, 0) is 0 Å². The number of benzene rings is 1. The van der Waals surface area contributed by atoms with Crippen molar-refractivity contribution in [2.75, 3.05) is 50.7 Å². The molecule has 0 aliphatic carbocycles. The van der Waals surface area contributed by atoms with Gasteiger partial charge in [0.1, 0.15) is 0 Å². The number of thiophene rings is 1. The number of hydrogen-bond donors (Lipinski definition) is 2. The first-order chi connectivity index (χ1) is 13.7. The van der Waals surface area contributed by atoms with Gasteiger partial charge < -0.3 is 20.4 Å². The van der Waals surface area contributed by atoms with Gasteiger partial charge in [-0.25, -0.2) is 0 Å². The Balaban J connectivity index is 0.00000300. The zero-order chi connectivity index (χ0) is 19.8. The summed E-state index contributed by atoms with van der Waals surface area (Å²) in [5.41, 5.74) is 0.491. The number of nitrogens with zero attached hydrogens (tertiary/aromatic N) is 3. The van der Waals surface area contributed by atoms with Gasteiger partial charge in [0.2, 0.25) is 0 Å². The first kappa shape index (κ1) is 23.8. The van der Waals surface area contributed by atoms with E-state index in [-0.39, 0.29) is 29.9 Å². The van der Waals surface area contributed by atoms with E-state index in [1.165, 1.54) is 5.00 Å². The second-order valence-electron chi connectivity index (χ2n) is 6.40. The normalized spacial score (nSPS) is 14.3. The van der Waals surface area contributed by atoms with Crippen LogP contribution < -0.4 is 15.5 Å². The van der Waals surface area contributed by atoms with Gasteiger partial charge in [-0.2, -0.15) is 0 Å². The van der Waals surface area contributed by atoms with E-state index in [2.05, 4.69) is 49.9 Å². The summed E-state index contributed by atoms with van der Waals surface area (Å²) in [7, 11) is 0. The monoisotopic (exact) mass is 547 g/mol. The zero-order valence-electron chi connectivity index (χ0n) is 16.4. The van der Waals surface area contributed by atoms with E-state index in [0.29, 0.717) is 23.7 Å². The van der Waals surface area contributed by atoms with Crippen molar-refractivity contribution in [3.05, 3.63) is 52.4 Å². The van der Waals surface area contributed by atoms with Gasteiger partial charge >= 0.3 is 0 Å². The number of hydrogen-bond acceptors (Lipinski definition) is 4. The highest BCUT2D eigenvalue weighted by Gasteiger charge is 2.20. The summed E-state index contributed by atoms with van der Waals surface area (Å²) >= 11 is 7.85. The number of rotatable bonds is 6. The molecule has 3 rings (SSSR count). The number of piperazine rings is 1. The van der Waals surface area contributed by atoms with Crippen LogP contribution in [0.25, 0.3) is 0 Å². The molecule has 1 aromatic carbocycles. The molecule has 9 heteroatoms. The van der Waals surface area contributed by atoms with Crippen LogP contribution in [0.5, 0.6) is 0 Å². The lowest BCUT2D eigenvalue weighted by molar-refractivity contribution is 0.0955. The second kappa shape index (κ2) is 12.2. The Morgan fingerprint density at radius 3 is 2.55 bits per heavy atom. The molecule has 0 bridgehead atoms. The average Bonchev–Trinajstić information content (AvgIpc) is 3.25. The van der Waals surface area contributed by atoms with E-state index in [9.17, 15) is 4.79 Å². The summed E-state index contributed by atoms with van der Waals surface area (Å²) in [5.74, 6) is 0.732. The molecule has 2 heterocycles. The molecule has 29 heavy (non-hydrogen) atoms. The maximum Gasteiger partial charge on any atom is 0.252 e. The Bertz CT molecular complexity index is 794. The highest BCUT2D eigenvalue weighted by atomic mass is 127. The molecule has 6 nitrogen and oxygen atoms in total. The molecule has 0 radical (unpaired) electrons. The fraction of sp³-hybridized carbons (Fsp3) is 0.400. The molecule has 2 aromatic rings. The second-order valence-corrected chi connectivity index (χ2v) is 7.73. The number of carbonyl (C=O) groups is 1. The van der Waals surface area contributed by atoms with E-state index >= 15 is 0 Å². The number of halogens is 2. The van der Waals surface area contributed by atoms with E-state index in [1.807, 2.05) is 6.07 Å². The van der Waals surface area contributed by atoms with Gasteiger partial charge in [0, 0.05) is 39.3 Å². The van der Waals surface area contributed by atoms with Crippen LogP contribution in [0.15, 0.2) is 46.8 Å². The molecule has 1 aliphatic heterocycles. The van der Waals surface area contributed by atoms with Gasteiger partial charge in [-0.05, 0) is 36.6 Å². The van der Waals surface area contributed by atoms with Gasteiger partial charge in [-0.15, -0.1) is 35.3 Å². The standard InChI is InChI=1S/C20H26ClN5OS.HI/c1-2-22-20(26-13-11-25(12-14-26)18-8-5-15-28-18)24-10-9-23-19(27)16-6-3-4-7-17(16)21;/h3-8,15H,2,9-14H2,1H3,(H,22,24)(H,23,27);1H. The predicted molar refractivity (Wildman–Crippen MR) is 133 cm³/mol. The smallest absolute Gasteiger partial charge is 0.252 e. The van der Waals surface area contributed by atoms with Gasteiger partial charge in [0.25, 0.3) is 5.91 Å². The summed E-state index contributed by atoms with van der Waals surface area (Å²) in [6.45, 7) is 7.68. The molecule has 1 aliphatic rings. The van der Waals surface area contributed by atoms with E-state index in [1.54, 1.807) is 29.5 Å². The first-order valence-corrected chi connectivity index (χ1v) is 10.8. The van der Waals surface area contributed by atoms with Crippen molar-refractivity contribution in [1.29, 1.82) is 0 Å². The van der Waals surface area contributed by atoms with Crippen LogP contribution in [0.4, 0.5) is 5.00 Å². The summed E-state index contributed by atoms with van der Waals surface area (Å²) < 4.78 is 0. The van der Waals surface area contributed by atoms with Gasteiger partial charge in [0.05, 0.1) is 22.1 Å². The molecule has 1 saturated heterocycles. The molecular weight excluding hydrogens is 521 g/mol. The van der Waals surface area contributed by atoms with E-state index < -0.39 is 0 Å². The molecule has 1 fully saturated rings. The van der Waals surface area contributed by atoms with Crippen molar-refractivity contribution < 1.29 is 4.79 Å². The number of amides is 1. The summed E-state index contributed by atoms with van der Waals surface area (Å²) in [4.78, 5) is 21.6. The molecule has 158 valence electrons. The molecular formula is C20H27ClIN5OS. The fourth-order valence-corrected chi connectivity index (χ4v) is 4.09. The van der Waals surface area contributed by atoms with Crippen LogP contribution in [0.2, 0.25) is 5.02 Å². The Kier molecular flexibility index (Phi) is 10.0. The minimum absolute atomic E-state index is 0. The van der Waals surface area contributed by atoms with E-state index in [4.69, 9.17) is 11.6 Å². The maximum atomic E-state index is 12.2. The van der Waals surface area contributed by atoms with E-state index in [0.717, 1.165) is 38.7 Å². The van der Waals surface area contributed by atoms with Crippen LogP contribution in [0.1, 0.15) is 17.3 Å². The van der Waals surface area contributed by atoms with Crippen molar-refractivity contribution >= 4 is 63.8 Å². The maximum absolute atomic E-state index is 12.2. The number of carbonyl (C=O) groups excluding carboxylic acids is 1. The van der Waals surface area contributed by atoms with Gasteiger partial charge in [-0.1, -0.05) is 23.7 Å². The predicted octanol–water partition coefficient (Wildman–Crippen LogP) is 3.54. The Labute approximate surface area is 198 Å². The highest BCUT2D eigenvalue weighted by Crippen LogP contribution is 2.22. The topological polar surface area (TPSA) is 60.0 Å². The third-order valence-corrected chi connectivity index (χ3v) is 5.77. The van der Waals surface area contributed by atoms with Crippen molar-refractivity contribution in [1.82, 2.24) is 15.5 Å². The number of guanidine groups is 1. The Morgan fingerprint density at radius 2 is 1.90 bits per heavy atom. The molecule has 0 spiro atoms. The van der Waals surface area contributed by atoms with Gasteiger partial charge in [-0.3, -0.25) is 9.79 Å². The van der Waals surface area contributed by atoms with Crippen LogP contribution in [-0.4, -0.2) is 62.6 Å². The van der Waals surface area contributed by atoms with Gasteiger partial charge in [0.15, 0.2) is 5.96 Å². The molecule has 0 saturated carbocycles. The summed E-state index contributed by atoms with van der Waals surface area (Å²) in [6.07, 6.45) is 0. The minimum atomic E-state index is -0.171. The largest absolute Gasteiger partial charge is 0.360 e.